The largest absolute Gasteiger partial charge is 0.376 e. The average Bonchev–Trinajstić information content (AvgIpc) is 3.25. The molecule has 1 aliphatic heterocycles. The molecule has 2 fully saturated rings. The van der Waals surface area contributed by atoms with Crippen molar-refractivity contribution >= 4 is 11.4 Å². The van der Waals surface area contributed by atoms with Gasteiger partial charge in [-0.1, -0.05) is 30.3 Å². The molecule has 2 N–H and O–H groups in total. The van der Waals surface area contributed by atoms with E-state index in [2.05, 4.69) is 10.6 Å². The Morgan fingerprint density at radius 2 is 1.79 bits per heavy atom. The number of hydrogen-bond acceptors (Lipinski definition) is 5. The Morgan fingerprint density at radius 1 is 1.04 bits per heavy atom. The lowest BCUT2D eigenvalue weighted by Crippen LogP contribution is -2.46. The Hall–Kier alpha value is -2.14. The van der Waals surface area contributed by atoms with Crippen LogP contribution in [-0.2, 0) is 11.3 Å². The topological polar surface area (TPSA) is 67.4 Å². The number of rotatable bonds is 5. The predicted octanol–water partition coefficient (Wildman–Crippen LogP) is 2.41. The Kier molecular flexibility index (Phi) is 3.88. The Bertz CT molecular complexity index is 781. The summed E-state index contributed by atoms with van der Waals surface area (Å²) in [6.45, 7) is 1.33. The lowest BCUT2D eigenvalue weighted by atomic mass is 9.93. The van der Waals surface area contributed by atoms with Crippen molar-refractivity contribution in [3.63, 3.8) is 0 Å². The summed E-state index contributed by atoms with van der Waals surface area (Å²) in [6.07, 6.45) is 5.22. The highest BCUT2D eigenvalue weighted by Gasteiger charge is 2.47. The van der Waals surface area contributed by atoms with Crippen molar-refractivity contribution < 1.29 is 4.74 Å². The summed E-state index contributed by atoms with van der Waals surface area (Å²) >= 11 is 0. The highest BCUT2D eigenvalue weighted by Crippen LogP contribution is 2.42. The van der Waals surface area contributed by atoms with Crippen molar-refractivity contribution in [3.8, 4) is 0 Å². The second-order valence-electron chi connectivity index (χ2n) is 6.85. The summed E-state index contributed by atoms with van der Waals surface area (Å²) in [7, 11) is 0. The van der Waals surface area contributed by atoms with E-state index in [1.165, 1.54) is 0 Å². The first-order valence-electron chi connectivity index (χ1n) is 8.71. The van der Waals surface area contributed by atoms with Gasteiger partial charge in [-0.3, -0.25) is 9.59 Å². The molecule has 0 aromatic heterocycles. The van der Waals surface area contributed by atoms with Crippen LogP contribution in [-0.4, -0.2) is 18.2 Å². The van der Waals surface area contributed by atoms with Crippen LogP contribution in [0.1, 0.15) is 37.7 Å². The highest BCUT2D eigenvalue weighted by atomic mass is 16.5. The molecule has 0 bridgehead atoms. The molecule has 5 nitrogen and oxygen atoms in total. The molecule has 2 aliphatic rings. The van der Waals surface area contributed by atoms with Gasteiger partial charge in [0.25, 0.3) is 10.9 Å². The van der Waals surface area contributed by atoms with Crippen LogP contribution in [0.3, 0.4) is 0 Å². The van der Waals surface area contributed by atoms with E-state index in [9.17, 15) is 9.59 Å². The van der Waals surface area contributed by atoms with Gasteiger partial charge in [-0.05, 0) is 37.7 Å². The molecular formula is C19H22N2O3. The summed E-state index contributed by atoms with van der Waals surface area (Å²) < 4.78 is 6.01. The third-order valence-corrected chi connectivity index (χ3v) is 5.40. The monoisotopic (exact) mass is 326 g/mol. The summed E-state index contributed by atoms with van der Waals surface area (Å²) in [6, 6.07) is 9.97. The predicted molar refractivity (Wildman–Crippen MR) is 94.3 cm³/mol. The van der Waals surface area contributed by atoms with Crippen LogP contribution >= 0.6 is 0 Å². The fraction of sp³-hybridized carbons (Fsp3) is 0.474. The Balaban J connectivity index is 1.49. The van der Waals surface area contributed by atoms with Crippen LogP contribution in [0.2, 0.25) is 0 Å². The molecular weight excluding hydrogens is 304 g/mol. The van der Waals surface area contributed by atoms with Crippen molar-refractivity contribution in [3.05, 3.63) is 56.3 Å². The summed E-state index contributed by atoms with van der Waals surface area (Å²) in [5, 5.41) is 6.46. The smallest absolute Gasteiger partial charge is 0.253 e. The third-order valence-electron chi connectivity index (χ3n) is 5.40. The van der Waals surface area contributed by atoms with Gasteiger partial charge in [-0.25, -0.2) is 0 Å². The lowest BCUT2D eigenvalue weighted by Gasteiger charge is -2.32. The Labute approximate surface area is 140 Å². The molecule has 2 unspecified atom stereocenters. The van der Waals surface area contributed by atoms with E-state index >= 15 is 0 Å². The number of ether oxygens (including phenoxy) is 1. The molecule has 1 saturated carbocycles. The fourth-order valence-electron chi connectivity index (χ4n) is 4.10. The van der Waals surface area contributed by atoms with Gasteiger partial charge in [-0.15, -0.1) is 0 Å². The SMILES string of the molecule is O=c1c(NCc2ccccc2)c(NC2CCCC23CCCO3)c1=O. The molecule has 1 saturated heterocycles. The molecule has 2 aromatic carbocycles. The number of hydrogen-bond donors (Lipinski definition) is 2. The molecule has 24 heavy (non-hydrogen) atoms. The van der Waals surface area contributed by atoms with Crippen LogP contribution < -0.4 is 21.5 Å². The van der Waals surface area contributed by atoms with E-state index in [4.69, 9.17) is 4.74 Å². The van der Waals surface area contributed by atoms with Gasteiger partial charge in [0, 0.05) is 13.2 Å². The van der Waals surface area contributed by atoms with Crippen molar-refractivity contribution in [1.29, 1.82) is 0 Å². The number of nitrogens with one attached hydrogen (secondary N) is 2. The first-order chi connectivity index (χ1) is 11.7. The van der Waals surface area contributed by atoms with E-state index < -0.39 is 10.9 Å². The van der Waals surface area contributed by atoms with Gasteiger partial charge < -0.3 is 15.4 Å². The molecule has 1 aliphatic carbocycles. The number of anilines is 2. The van der Waals surface area contributed by atoms with E-state index in [1.54, 1.807) is 0 Å². The van der Waals surface area contributed by atoms with Crippen molar-refractivity contribution in [2.24, 2.45) is 0 Å². The first kappa shape index (κ1) is 15.4. The van der Waals surface area contributed by atoms with Gasteiger partial charge in [0.15, 0.2) is 0 Å². The highest BCUT2D eigenvalue weighted by molar-refractivity contribution is 5.74. The molecule has 0 amide bonds. The zero-order valence-corrected chi connectivity index (χ0v) is 13.6. The van der Waals surface area contributed by atoms with Gasteiger partial charge >= 0.3 is 0 Å². The quantitative estimate of drug-likeness (QED) is 0.826. The summed E-state index contributed by atoms with van der Waals surface area (Å²) in [5.74, 6) is 0. The minimum atomic E-state index is -0.423. The molecule has 126 valence electrons. The summed E-state index contributed by atoms with van der Waals surface area (Å²) in [5.41, 5.74) is 0.962. The molecule has 2 atom stereocenters. The van der Waals surface area contributed by atoms with Crippen LogP contribution in [0.4, 0.5) is 11.4 Å². The van der Waals surface area contributed by atoms with Gasteiger partial charge in [0.1, 0.15) is 11.4 Å². The van der Waals surface area contributed by atoms with Crippen LogP contribution in [0.15, 0.2) is 39.9 Å². The third kappa shape index (κ3) is 2.53. The van der Waals surface area contributed by atoms with Crippen molar-refractivity contribution in [2.75, 3.05) is 17.2 Å². The number of benzene rings is 1. The first-order valence-corrected chi connectivity index (χ1v) is 8.71. The van der Waals surface area contributed by atoms with E-state index in [1.807, 2.05) is 30.3 Å². The standard InChI is InChI=1S/C19H22N2O3/c22-17-15(20-12-13-6-2-1-3-7-13)16(18(17)23)21-14-8-4-9-19(14)10-5-11-24-19/h1-3,6-7,14,20-21H,4-5,8-12H2. The van der Waals surface area contributed by atoms with Gasteiger partial charge in [0.2, 0.25) is 0 Å². The van der Waals surface area contributed by atoms with Crippen LogP contribution in [0.5, 0.6) is 0 Å². The Morgan fingerprint density at radius 3 is 2.54 bits per heavy atom. The van der Waals surface area contributed by atoms with E-state index in [-0.39, 0.29) is 11.6 Å². The average molecular weight is 326 g/mol. The maximum atomic E-state index is 12.0. The molecule has 2 aromatic rings. The second-order valence-corrected chi connectivity index (χ2v) is 6.85. The molecule has 5 heteroatoms. The molecule has 1 spiro atoms. The molecule has 4 rings (SSSR count). The van der Waals surface area contributed by atoms with Gasteiger partial charge in [0.05, 0.1) is 11.6 Å². The van der Waals surface area contributed by atoms with Crippen LogP contribution in [0, 0.1) is 0 Å². The lowest BCUT2D eigenvalue weighted by molar-refractivity contribution is 0.00274. The molecule has 0 radical (unpaired) electrons. The maximum absolute atomic E-state index is 12.0. The van der Waals surface area contributed by atoms with E-state index in [0.717, 1.165) is 44.3 Å². The van der Waals surface area contributed by atoms with Crippen molar-refractivity contribution in [2.45, 2.75) is 50.3 Å². The maximum Gasteiger partial charge on any atom is 0.253 e. The minimum absolute atomic E-state index is 0.126. The van der Waals surface area contributed by atoms with Crippen LogP contribution in [0.25, 0.3) is 0 Å². The molecule has 1 heterocycles. The van der Waals surface area contributed by atoms with E-state index in [0.29, 0.717) is 17.9 Å². The zero-order valence-electron chi connectivity index (χ0n) is 13.6. The normalized spacial score (nSPS) is 26.2. The minimum Gasteiger partial charge on any atom is -0.376 e. The second kappa shape index (κ2) is 6.06. The fourth-order valence-corrected chi connectivity index (χ4v) is 4.10. The zero-order chi connectivity index (χ0) is 16.6. The summed E-state index contributed by atoms with van der Waals surface area (Å²) in [4.78, 5) is 24.0. The van der Waals surface area contributed by atoms with Crippen molar-refractivity contribution in [1.82, 2.24) is 0 Å². The van der Waals surface area contributed by atoms with Gasteiger partial charge in [-0.2, -0.15) is 0 Å².